The lowest BCUT2D eigenvalue weighted by atomic mass is 10.1. The molecule has 1 aromatic carbocycles. The van der Waals surface area contributed by atoms with E-state index in [2.05, 4.69) is 5.32 Å². The Morgan fingerprint density at radius 1 is 1.32 bits per heavy atom. The minimum Gasteiger partial charge on any atom is -0.355 e. The summed E-state index contributed by atoms with van der Waals surface area (Å²) in [7, 11) is 3.29. The SMILES string of the molecule is CNC(=O)c1ccc(CN(C)C(=O)CN2CCSC2=O)cc1. The minimum absolute atomic E-state index is 0.0309. The maximum absolute atomic E-state index is 12.1. The van der Waals surface area contributed by atoms with Crippen molar-refractivity contribution in [1.29, 1.82) is 0 Å². The van der Waals surface area contributed by atoms with E-state index in [1.807, 2.05) is 12.1 Å². The Morgan fingerprint density at radius 3 is 2.55 bits per heavy atom. The van der Waals surface area contributed by atoms with Crippen LogP contribution in [0.15, 0.2) is 24.3 Å². The molecule has 0 radical (unpaired) electrons. The van der Waals surface area contributed by atoms with Crippen molar-refractivity contribution >= 4 is 28.8 Å². The molecule has 7 heteroatoms. The smallest absolute Gasteiger partial charge is 0.282 e. The Balaban J connectivity index is 1.90. The molecule has 1 heterocycles. The molecule has 1 aromatic rings. The number of rotatable bonds is 5. The van der Waals surface area contributed by atoms with Gasteiger partial charge in [0, 0.05) is 38.5 Å². The van der Waals surface area contributed by atoms with Crippen LogP contribution in [0.5, 0.6) is 0 Å². The Hall–Kier alpha value is -2.02. The highest BCUT2D eigenvalue weighted by Crippen LogP contribution is 2.17. The number of likely N-dealkylation sites (N-methyl/N-ethyl adjacent to an activating group) is 1. The van der Waals surface area contributed by atoms with Gasteiger partial charge in [0.1, 0.15) is 6.54 Å². The van der Waals surface area contributed by atoms with Gasteiger partial charge in [-0.05, 0) is 17.7 Å². The number of amides is 3. The van der Waals surface area contributed by atoms with Gasteiger partial charge in [-0.15, -0.1) is 0 Å². The van der Waals surface area contributed by atoms with Crippen LogP contribution >= 0.6 is 11.8 Å². The number of carbonyl (C=O) groups excluding carboxylic acids is 3. The number of nitrogens with zero attached hydrogens (tertiary/aromatic N) is 2. The highest BCUT2D eigenvalue weighted by molar-refractivity contribution is 8.13. The summed E-state index contributed by atoms with van der Waals surface area (Å²) in [6.45, 7) is 1.20. The van der Waals surface area contributed by atoms with Crippen LogP contribution in [0.3, 0.4) is 0 Å². The zero-order chi connectivity index (χ0) is 16.1. The number of thioether (sulfide) groups is 1. The first-order valence-electron chi connectivity index (χ1n) is 6.98. The first-order valence-corrected chi connectivity index (χ1v) is 7.96. The van der Waals surface area contributed by atoms with Crippen LogP contribution in [0, 0.1) is 0 Å². The summed E-state index contributed by atoms with van der Waals surface area (Å²) in [5, 5.41) is 2.53. The van der Waals surface area contributed by atoms with E-state index < -0.39 is 0 Å². The van der Waals surface area contributed by atoms with Gasteiger partial charge in [-0.25, -0.2) is 0 Å². The Kier molecular flexibility index (Phi) is 5.43. The highest BCUT2D eigenvalue weighted by Gasteiger charge is 2.24. The maximum Gasteiger partial charge on any atom is 0.282 e. The van der Waals surface area contributed by atoms with Gasteiger partial charge in [0.15, 0.2) is 0 Å². The van der Waals surface area contributed by atoms with Gasteiger partial charge in [0.05, 0.1) is 0 Å². The van der Waals surface area contributed by atoms with E-state index in [1.54, 1.807) is 36.0 Å². The van der Waals surface area contributed by atoms with Crippen molar-refractivity contribution in [3.05, 3.63) is 35.4 Å². The molecule has 0 spiro atoms. The molecular weight excluding hydrogens is 302 g/mol. The average molecular weight is 321 g/mol. The van der Waals surface area contributed by atoms with Crippen molar-refractivity contribution < 1.29 is 14.4 Å². The molecule has 0 bridgehead atoms. The second-order valence-electron chi connectivity index (χ2n) is 5.06. The standard InChI is InChI=1S/C15H19N3O3S/c1-16-14(20)12-5-3-11(4-6-12)9-17(2)13(19)10-18-7-8-22-15(18)21/h3-6H,7-10H2,1-2H3,(H,16,20). The predicted octanol–water partition coefficient (Wildman–Crippen LogP) is 1.17. The van der Waals surface area contributed by atoms with Crippen LogP contribution in [-0.2, 0) is 11.3 Å². The van der Waals surface area contributed by atoms with Crippen LogP contribution in [0.25, 0.3) is 0 Å². The fraction of sp³-hybridized carbons (Fsp3) is 0.400. The number of carbonyl (C=O) groups is 3. The maximum atomic E-state index is 12.1. The van der Waals surface area contributed by atoms with Gasteiger partial charge < -0.3 is 15.1 Å². The Morgan fingerprint density at radius 2 is 2.00 bits per heavy atom. The van der Waals surface area contributed by atoms with Gasteiger partial charge in [-0.2, -0.15) is 0 Å². The minimum atomic E-state index is -0.138. The molecule has 1 aliphatic heterocycles. The summed E-state index contributed by atoms with van der Waals surface area (Å²) < 4.78 is 0. The molecule has 1 saturated heterocycles. The zero-order valence-electron chi connectivity index (χ0n) is 12.7. The largest absolute Gasteiger partial charge is 0.355 e. The van der Waals surface area contributed by atoms with Crippen molar-refractivity contribution in [3.8, 4) is 0 Å². The van der Waals surface area contributed by atoms with E-state index in [4.69, 9.17) is 0 Å². The molecule has 22 heavy (non-hydrogen) atoms. The molecular formula is C15H19N3O3S. The average Bonchev–Trinajstić information content (AvgIpc) is 2.92. The second-order valence-corrected chi connectivity index (χ2v) is 6.11. The van der Waals surface area contributed by atoms with E-state index in [0.29, 0.717) is 18.7 Å². The first-order chi connectivity index (χ1) is 10.5. The highest BCUT2D eigenvalue weighted by atomic mass is 32.2. The van der Waals surface area contributed by atoms with Gasteiger partial charge >= 0.3 is 0 Å². The van der Waals surface area contributed by atoms with Crippen LogP contribution in [0.1, 0.15) is 15.9 Å². The molecule has 6 nitrogen and oxygen atoms in total. The van der Waals surface area contributed by atoms with Crippen molar-refractivity contribution in [2.45, 2.75) is 6.54 Å². The third-order valence-corrected chi connectivity index (χ3v) is 4.35. The molecule has 0 unspecified atom stereocenters. The third-order valence-electron chi connectivity index (χ3n) is 3.46. The van der Waals surface area contributed by atoms with Gasteiger partial charge in [0.25, 0.3) is 11.1 Å². The molecule has 0 aromatic heterocycles. The van der Waals surface area contributed by atoms with Gasteiger partial charge in [-0.1, -0.05) is 23.9 Å². The normalized spacial score (nSPS) is 14.1. The summed E-state index contributed by atoms with van der Waals surface area (Å²) in [4.78, 5) is 38.3. The Labute approximate surface area is 133 Å². The monoisotopic (exact) mass is 321 g/mol. The lowest BCUT2D eigenvalue weighted by molar-refractivity contribution is -0.130. The summed E-state index contributed by atoms with van der Waals surface area (Å²) in [5.74, 6) is 0.517. The number of hydrogen-bond acceptors (Lipinski definition) is 4. The molecule has 2 rings (SSSR count). The molecule has 1 fully saturated rings. The summed E-state index contributed by atoms with van der Waals surface area (Å²) >= 11 is 1.25. The van der Waals surface area contributed by atoms with Crippen LogP contribution in [-0.4, -0.2) is 59.8 Å². The van der Waals surface area contributed by atoms with Crippen LogP contribution in [0.4, 0.5) is 4.79 Å². The zero-order valence-corrected chi connectivity index (χ0v) is 13.5. The predicted molar refractivity (Wildman–Crippen MR) is 85.7 cm³/mol. The molecule has 0 aliphatic carbocycles. The molecule has 118 valence electrons. The summed E-state index contributed by atoms with van der Waals surface area (Å²) in [5.41, 5.74) is 1.52. The molecule has 0 atom stereocenters. The van der Waals surface area contributed by atoms with Crippen molar-refractivity contribution in [1.82, 2.24) is 15.1 Å². The lowest BCUT2D eigenvalue weighted by Crippen LogP contribution is -2.38. The number of hydrogen-bond donors (Lipinski definition) is 1. The van der Waals surface area contributed by atoms with Crippen molar-refractivity contribution in [2.24, 2.45) is 0 Å². The fourth-order valence-corrected chi connectivity index (χ4v) is 2.95. The van der Waals surface area contributed by atoms with Crippen LogP contribution in [0.2, 0.25) is 0 Å². The number of benzene rings is 1. The summed E-state index contributed by atoms with van der Waals surface area (Å²) in [6.07, 6.45) is 0. The van der Waals surface area contributed by atoms with E-state index >= 15 is 0 Å². The van der Waals surface area contributed by atoms with Gasteiger partial charge in [-0.3, -0.25) is 14.4 Å². The first kappa shape index (κ1) is 16.4. The summed E-state index contributed by atoms with van der Waals surface area (Å²) in [6, 6.07) is 7.11. The molecule has 3 amide bonds. The fourth-order valence-electron chi connectivity index (χ4n) is 2.12. The van der Waals surface area contributed by atoms with E-state index in [1.165, 1.54) is 11.8 Å². The van der Waals surface area contributed by atoms with Crippen LogP contribution < -0.4 is 5.32 Å². The van der Waals surface area contributed by atoms with Crippen molar-refractivity contribution in [3.63, 3.8) is 0 Å². The molecule has 0 saturated carbocycles. The Bertz CT molecular complexity index is 574. The third kappa shape index (κ3) is 4.00. The lowest BCUT2D eigenvalue weighted by Gasteiger charge is -2.21. The van der Waals surface area contributed by atoms with E-state index in [9.17, 15) is 14.4 Å². The quantitative estimate of drug-likeness (QED) is 0.884. The van der Waals surface area contributed by atoms with E-state index in [-0.39, 0.29) is 23.6 Å². The number of nitrogens with one attached hydrogen (secondary N) is 1. The van der Waals surface area contributed by atoms with Crippen molar-refractivity contribution in [2.75, 3.05) is 32.9 Å². The molecule has 1 aliphatic rings. The van der Waals surface area contributed by atoms with E-state index in [0.717, 1.165) is 11.3 Å². The topological polar surface area (TPSA) is 69.7 Å². The molecule has 1 N–H and O–H groups in total. The van der Waals surface area contributed by atoms with Gasteiger partial charge in [0.2, 0.25) is 5.91 Å². The second kappa shape index (κ2) is 7.31.